The molecule has 0 radical (unpaired) electrons. The average molecular weight is 630 g/mol. The van der Waals surface area contributed by atoms with Gasteiger partial charge in [0.2, 0.25) is 11.7 Å². The number of hydrogen-bond acceptors (Lipinski definition) is 8. The average Bonchev–Trinajstić information content (AvgIpc) is 3.25. The Kier molecular flexibility index (Phi) is 9.41. The number of hydrogen-bond donors (Lipinski definition) is 3. The number of Topliss-reactive ketones (excluding diaryl/α,β-unsaturated/α-hetero) is 1. The Bertz CT molecular complexity index is 1260. The van der Waals surface area contributed by atoms with Crippen molar-refractivity contribution in [1.82, 2.24) is 5.32 Å². The third kappa shape index (κ3) is 6.51. The Hall–Kier alpha value is -2.59. The van der Waals surface area contributed by atoms with Crippen molar-refractivity contribution < 1.29 is 43.7 Å². The van der Waals surface area contributed by atoms with Gasteiger partial charge in [-0.05, 0) is 107 Å². The van der Waals surface area contributed by atoms with Crippen LogP contribution in [0.5, 0.6) is 0 Å². The van der Waals surface area contributed by atoms with E-state index in [1.165, 1.54) is 5.57 Å². The van der Waals surface area contributed by atoms with Crippen molar-refractivity contribution in [2.45, 2.75) is 128 Å². The molecule has 0 aromatic heterocycles. The molecule has 5 rings (SSSR count). The van der Waals surface area contributed by atoms with E-state index in [4.69, 9.17) is 9.47 Å². The Morgan fingerprint density at radius 2 is 1.73 bits per heavy atom. The third-order valence-electron chi connectivity index (χ3n) is 12.5. The van der Waals surface area contributed by atoms with Gasteiger partial charge in [0.15, 0.2) is 12.4 Å². The van der Waals surface area contributed by atoms with Crippen molar-refractivity contribution in [1.29, 1.82) is 0 Å². The highest BCUT2D eigenvalue weighted by atomic mass is 16.5. The number of esters is 1. The second-order valence-corrected chi connectivity index (χ2v) is 15.5. The maximum absolute atomic E-state index is 13.5. The van der Waals surface area contributed by atoms with Crippen LogP contribution in [0.15, 0.2) is 11.6 Å². The first-order valence-electron chi connectivity index (χ1n) is 16.9. The SMILES string of the molecule is CC1(C)C[C@H]([C@H](CC(=O)O)NC(=O)CCC(=O)OCC(=O)[C@@]2(O)CC[C@@H]3[C@H]4CCC5=CC(=O)CC[C@]5(C)[C@@H]4CC[C@@]32C)CCO1. The minimum Gasteiger partial charge on any atom is -0.481 e. The molecule has 10 nitrogen and oxygen atoms in total. The van der Waals surface area contributed by atoms with E-state index in [1.807, 2.05) is 26.8 Å². The van der Waals surface area contributed by atoms with Gasteiger partial charge in [0.25, 0.3) is 0 Å². The van der Waals surface area contributed by atoms with Crippen molar-refractivity contribution in [3.63, 3.8) is 0 Å². The van der Waals surface area contributed by atoms with E-state index < -0.39 is 52.9 Å². The smallest absolute Gasteiger partial charge is 0.306 e. The minimum absolute atomic E-state index is 0.000254. The Morgan fingerprint density at radius 1 is 1.00 bits per heavy atom. The molecule has 0 spiro atoms. The summed E-state index contributed by atoms with van der Waals surface area (Å²) in [6.45, 7) is 8.14. The molecule has 3 N–H and O–H groups in total. The van der Waals surface area contributed by atoms with Gasteiger partial charge in [-0.3, -0.25) is 24.0 Å². The highest BCUT2D eigenvalue weighted by molar-refractivity contribution is 5.92. The largest absolute Gasteiger partial charge is 0.481 e. The van der Waals surface area contributed by atoms with Crippen LogP contribution >= 0.6 is 0 Å². The molecule has 45 heavy (non-hydrogen) atoms. The summed E-state index contributed by atoms with van der Waals surface area (Å²) < 4.78 is 11.0. The fourth-order valence-electron chi connectivity index (χ4n) is 10.0. The number of ketones is 2. The van der Waals surface area contributed by atoms with E-state index in [9.17, 15) is 34.2 Å². The normalized spacial score (nSPS) is 37.7. The first-order valence-corrected chi connectivity index (χ1v) is 16.9. The summed E-state index contributed by atoms with van der Waals surface area (Å²) in [5.74, 6) is -1.51. The lowest BCUT2D eigenvalue weighted by Crippen LogP contribution is -2.58. The number of nitrogens with one attached hydrogen (secondary N) is 1. The number of ether oxygens (including phenoxy) is 2. The summed E-state index contributed by atoms with van der Waals surface area (Å²) in [6.07, 6.45) is 8.41. The highest BCUT2D eigenvalue weighted by Gasteiger charge is 2.66. The van der Waals surface area contributed by atoms with E-state index >= 15 is 0 Å². The molecule has 250 valence electrons. The number of carboxylic acid groups (broad SMARTS) is 1. The van der Waals surface area contributed by atoms with Gasteiger partial charge in [-0.15, -0.1) is 0 Å². The van der Waals surface area contributed by atoms with Crippen LogP contribution in [0.1, 0.15) is 111 Å². The van der Waals surface area contributed by atoms with Crippen molar-refractivity contribution in [2.75, 3.05) is 13.2 Å². The molecule has 0 unspecified atom stereocenters. The fourth-order valence-corrected chi connectivity index (χ4v) is 10.0. The number of aliphatic hydroxyl groups is 1. The monoisotopic (exact) mass is 629 g/mol. The highest BCUT2D eigenvalue weighted by Crippen LogP contribution is 2.67. The lowest BCUT2D eigenvalue weighted by molar-refractivity contribution is -0.170. The Balaban J connectivity index is 1.13. The zero-order valence-electron chi connectivity index (χ0n) is 27.3. The Labute approximate surface area is 266 Å². The fraction of sp³-hybridized carbons (Fsp3) is 0.800. The van der Waals surface area contributed by atoms with Gasteiger partial charge in [-0.2, -0.15) is 0 Å². The lowest BCUT2D eigenvalue weighted by Gasteiger charge is -2.58. The van der Waals surface area contributed by atoms with Crippen LogP contribution in [0.3, 0.4) is 0 Å². The zero-order valence-corrected chi connectivity index (χ0v) is 27.3. The molecular formula is C35H51NO9. The van der Waals surface area contributed by atoms with Crippen LogP contribution in [0.25, 0.3) is 0 Å². The number of carboxylic acids is 1. The van der Waals surface area contributed by atoms with Gasteiger partial charge >= 0.3 is 11.9 Å². The Morgan fingerprint density at radius 3 is 2.44 bits per heavy atom. The van der Waals surface area contributed by atoms with Gasteiger partial charge in [0.1, 0.15) is 5.60 Å². The van der Waals surface area contributed by atoms with E-state index in [0.717, 1.165) is 32.1 Å². The summed E-state index contributed by atoms with van der Waals surface area (Å²) in [7, 11) is 0. The van der Waals surface area contributed by atoms with Crippen LogP contribution in [0, 0.1) is 34.5 Å². The third-order valence-corrected chi connectivity index (χ3v) is 12.5. The van der Waals surface area contributed by atoms with Crippen LogP contribution in [0.2, 0.25) is 0 Å². The number of carbonyl (C=O) groups is 5. The zero-order chi connectivity index (χ0) is 32.8. The number of aliphatic carboxylic acids is 1. The maximum Gasteiger partial charge on any atom is 0.306 e. The lowest BCUT2D eigenvalue weighted by atomic mass is 9.46. The summed E-state index contributed by atoms with van der Waals surface area (Å²) in [5, 5.41) is 24.1. The predicted molar refractivity (Wildman–Crippen MR) is 164 cm³/mol. The van der Waals surface area contributed by atoms with Gasteiger partial charge in [-0.25, -0.2) is 0 Å². The van der Waals surface area contributed by atoms with Crippen molar-refractivity contribution >= 4 is 29.4 Å². The number of fused-ring (bicyclic) bond motifs is 5. The molecule has 3 saturated carbocycles. The number of carbonyl (C=O) groups excluding carboxylic acids is 4. The van der Waals surface area contributed by atoms with Crippen molar-refractivity contribution in [3.05, 3.63) is 11.6 Å². The molecule has 0 aromatic carbocycles. The standard InChI is InChI=1S/C35H51NO9/c1-32(2)19-21(12-16-45-32)27(18-30(40)41)36-29(39)7-8-31(42)44-20-28(38)35(43)15-11-26-24-6-5-22-17-23(37)9-13-33(22,3)25(24)10-14-34(26,35)4/h17,21,24-27,43H,5-16,18-20H2,1-4H3,(H,36,39)(H,40,41)/t21-,24+,25-,26-,27+,33+,34+,35+/m1/s1. The van der Waals surface area contributed by atoms with Crippen LogP contribution in [0.4, 0.5) is 0 Å². The first-order chi connectivity index (χ1) is 21.1. The van der Waals surface area contributed by atoms with Gasteiger partial charge in [0, 0.05) is 30.9 Å². The molecule has 1 saturated heterocycles. The molecule has 5 aliphatic rings. The van der Waals surface area contributed by atoms with E-state index in [-0.39, 0.29) is 42.3 Å². The van der Waals surface area contributed by atoms with Crippen LogP contribution < -0.4 is 5.32 Å². The van der Waals surface area contributed by atoms with Crippen molar-refractivity contribution in [3.8, 4) is 0 Å². The number of amides is 1. The molecule has 4 aliphatic carbocycles. The topological polar surface area (TPSA) is 156 Å². The van der Waals surface area contributed by atoms with Gasteiger partial charge < -0.3 is 25.0 Å². The molecule has 4 fully saturated rings. The number of rotatable bonds is 10. The number of allylic oxidation sites excluding steroid dienone is 1. The van der Waals surface area contributed by atoms with E-state index in [1.54, 1.807) is 0 Å². The summed E-state index contributed by atoms with van der Waals surface area (Å²) in [5.41, 5.74) is -1.33. The molecule has 1 aliphatic heterocycles. The maximum atomic E-state index is 13.5. The van der Waals surface area contributed by atoms with E-state index in [2.05, 4.69) is 12.2 Å². The quantitative estimate of drug-likeness (QED) is 0.300. The molecule has 0 aromatic rings. The summed E-state index contributed by atoms with van der Waals surface area (Å²) >= 11 is 0. The molecule has 0 bridgehead atoms. The minimum atomic E-state index is -1.58. The second-order valence-electron chi connectivity index (χ2n) is 15.5. The van der Waals surface area contributed by atoms with Crippen LogP contribution in [-0.4, -0.2) is 70.1 Å². The summed E-state index contributed by atoms with van der Waals surface area (Å²) in [4.78, 5) is 62.4. The van der Waals surface area contributed by atoms with E-state index in [0.29, 0.717) is 50.5 Å². The molecule has 8 atom stereocenters. The molecular weight excluding hydrogens is 578 g/mol. The molecule has 1 heterocycles. The van der Waals surface area contributed by atoms with Crippen LogP contribution in [-0.2, 0) is 33.4 Å². The molecule has 10 heteroatoms. The summed E-state index contributed by atoms with van der Waals surface area (Å²) in [6, 6.07) is -0.578. The second kappa shape index (κ2) is 12.5. The van der Waals surface area contributed by atoms with Gasteiger partial charge in [0.05, 0.1) is 18.4 Å². The first kappa shape index (κ1) is 33.8. The van der Waals surface area contributed by atoms with Crippen molar-refractivity contribution in [2.24, 2.45) is 34.5 Å². The molecule has 1 amide bonds. The van der Waals surface area contributed by atoms with Gasteiger partial charge in [-0.1, -0.05) is 19.4 Å². The predicted octanol–water partition coefficient (Wildman–Crippen LogP) is 4.31.